The molecule has 0 heterocycles. The first-order valence-corrected chi connectivity index (χ1v) is 12.6. The minimum atomic E-state index is -1.77. The number of rotatable bonds is 5. The maximum Gasteiger partial charge on any atom is 0.235 e. The first-order valence-electron chi connectivity index (χ1n) is 12.6. The number of hydrogen-bond donors (Lipinski definition) is 3. The fraction of sp³-hybridized carbons (Fsp3) is 0.323. The van der Waals surface area contributed by atoms with Gasteiger partial charge in [0.05, 0.1) is 11.5 Å². The Morgan fingerprint density at radius 1 is 0.868 bits per heavy atom. The fourth-order valence-corrected chi connectivity index (χ4v) is 5.37. The van der Waals surface area contributed by atoms with Crippen LogP contribution in [0.2, 0.25) is 0 Å². The third-order valence-electron chi connectivity index (χ3n) is 7.37. The van der Waals surface area contributed by atoms with E-state index in [2.05, 4.69) is 10.6 Å². The Morgan fingerprint density at radius 3 is 1.97 bits per heavy atom. The average molecular weight is 517 g/mol. The Hall–Kier alpha value is -3.84. The smallest absolute Gasteiger partial charge is 0.235 e. The minimum absolute atomic E-state index is 0.292. The van der Waals surface area contributed by atoms with Crippen LogP contribution in [-0.4, -0.2) is 28.3 Å². The highest BCUT2D eigenvalue weighted by Gasteiger charge is 2.56. The van der Waals surface area contributed by atoms with Crippen molar-refractivity contribution in [2.45, 2.75) is 52.6 Å². The molecule has 1 aliphatic carbocycles. The van der Waals surface area contributed by atoms with E-state index in [1.807, 2.05) is 58.0 Å². The highest BCUT2D eigenvalue weighted by molar-refractivity contribution is 6.10. The van der Waals surface area contributed by atoms with Crippen molar-refractivity contribution in [1.29, 1.82) is 0 Å². The summed E-state index contributed by atoms with van der Waals surface area (Å²) in [5, 5.41) is 17.2. The summed E-state index contributed by atoms with van der Waals surface area (Å²) in [5.74, 6) is -5.85. The van der Waals surface area contributed by atoms with E-state index in [0.29, 0.717) is 16.9 Å². The summed E-state index contributed by atoms with van der Waals surface area (Å²) < 4.78 is 14.4. The van der Waals surface area contributed by atoms with Crippen molar-refractivity contribution in [2.24, 2.45) is 11.8 Å². The second-order valence-electron chi connectivity index (χ2n) is 10.7. The predicted octanol–water partition coefficient (Wildman–Crippen LogP) is 5.38. The van der Waals surface area contributed by atoms with Crippen LogP contribution in [0.25, 0.3) is 0 Å². The molecule has 3 aromatic carbocycles. The number of aliphatic hydroxyl groups is 1. The Balaban J connectivity index is 1.80. The maximum atomic E-state index is 14.4. The van der Waals surface area contributed by atoms with Gasteiger partial charge in [0.2, 0.25) is 11.8 Å². The summed E-state index contributed by atoms with van der Waals surface area (Å²) in [6, 6.07) is 16.7. The number of hydrogen-bond acceptors (Lipinski definition) is 4. The van der Waals surface area contributed by atoms with Crippen LogP contribution in [0.4, 0.5) is 15.8 Å². The molecule has 3 N–H and O–H groups in total. The van der Waals surface area contributed by atoms with Crippen molar-refractivity contribution in [3.63, 3.8) is 0 Å². The van der Waals surface area contributed by atoms with Gasteiger partial charge in [0.25, 0.3) is 0 Å². The third-order valence-corrected chi connectivity index (χ3v) is 7.37. The number of ketones is 1. The lowest BCUT2D eigenvalue weighted by Crippen LogP contribution is -2.56. The van der Waals surface area contributed by atoms with Gasteiger partial charge in [-0.25, -0.2) is 4.39 Å². The highest BCUT2D eigenvalue weighted by atomic mass is 19.1. The Kier molecular flexibility index (Phi) is 7.51. The number of halogens is 1. The molecule has 198 valence electrons. The molecule has 0 saturated heterocycles. The van der Waals surface area contributed by atoms with E-state index in [1.165, 1.54) is 25.1 Å². The van der Waals surface area contributed by atoms with Gasteiger partial charge >= 0.3 is 0 Å². The van der Waals surface area contributed by atoms with Gasteiger partial charge in [0.1, 0.15) is 17.5 Å². The van der Waals surface area contributed by atoms with E-state index >= 15 is 0 Å². The molecule has 1 fully saturated rings. The second kappa shape index (κ2) is 10.5. The zero-order valence-corrected chi connectivity index (χ0v) is 22.3. The van der Waals surface area contributed by atoms with Gasteiger partial charge < -0.3 is 15.7 Å². The lowest BCUT2D eigenvalue weighted by Gasteiger charge is -2.44. The van der Waals surface area contributed by atoms with Gasteiger partial charge in [0, 0.05) is 23.7 Å². The molecule has 0 bridgehead atoms. The molecule has 1 saturated carbocycles. The predicted molar refractivity (Wildman–Crippen MR) is 145 cm³/mol. The number of anilines is 2. The summed E-state index contributed by atoms with van der Waals surface area (Å²) >= 11 is 0. The molecule has 4 unspecified atom stereocenters. The number of Topliss-reactive ketones (excluding diaryl/α,β-unsaturated/α-hetero) is 1. The minimum Gasteiger partial charge on any atom is -0.389 e. The molecule has 2 amide bonds. The molecular weight excluding hydrogens is 483 g/mol. The molecule has 0 radical (unpaired) electrons. The van der Waals surface area contributed by atoms with Crippen molar-refractivity contribution >= 4 is 29.0 Å². The van der Waals surface area contributed by atoms with Gasteiger partial charge in [-0.05, 0) is 86.7 Å². The number of benzene rings is 3. The average Bonchev–Trinajstić information content (AvgIpc) is 2.82. The molecule has 0 spiro atoms. The molecule has 7 heteroatoms. The number of amides is 2. The fourth-order valence-electron chi connectivity index (χ4n) is 5.37. The standard InChI is InChI=1S/C31H33FN2O4/c1-17-9-11-19(3)23(13-17)33-29(36)27-25(35)16-31(5,38)28(26(27)21-7-6-8-22(32)15-21)30(37)34-24-14-18(2)10-12-20(24)4/h6-15,26-28,38H,16H2,1-5H3,(H,33,36)(H,34,37). The molecule has 38 heavy (non-hydrogen) atoms. The largest absolute Gasteiger partial charge is 0.389 e. The number of aryl methyl sites for hydroxylation is 4. The Morgan fingerprint density at radius 2 is 1.42 bits per heavy atom. The van der Waals surface area contributed by atoms with E-state index in [9.17, 15) is 23.9 Å². The van der Waals surface area contributed by atoms with Crippen molar-refractivity contribution in [3.8, 4) is 0 Å². The summed E-state index contributed by atoms with van der Waals surface area (Å²) in [6.07, 6.45) is -0.394. The first kappa shape index (κ1) is 27.2. The first-order chi connectivity index (χ1) is 17.9. The van der Waals surface area contributed by atoms with Crippen molar-refractivity contribution in [2.75, 3.05) is 10.6 Å². The summed E-state index contributed by atoms with van der Waals surface area (Å²) in [7, 11) is 0. The molecular formula is C31H33FN2O4. The molecule has 6 nitrogen and oxygen atoms in total. The maximum absolute atomic E-state index is 14.4. The number of carbonyl (C=O) groups is 3. The molecule has 4 rings (SSSR count). The van der Waals surface area contributed by atoms with Crippen LogP contribution in [-0.2, 0) is 14.4 Å². The van der Waals surface area contributed by atoms with Gasteiger partial charge in [-0.2, -0.15) is 0 Å². The van der Waals surface area contributed by atoms with E-state index in [-0.39, 0.29) is 0 Å². The van der Waals surface area contributed by atoms with E-state index in [1.54, 1.807) is 12.1 Å². The van der Waals surface area contributed by atoms with Crippen LogP contribution in [0.1, 0.15) is 47.1 Å². The Labute approximate surface area is 222 Å². The summed E-state index contributed by atoms with van der Waals surface area (Å²) in [4.78, 5) is 41.0. The zero-order chi connectivity index (χ0) is 27.8. The quantitative estimate of drug-likeness (QED) is 0.397. The van der Waals surface area contributed by atoms with Gasteiger partial charge in [-0.15, -0.1) is 0 Å². The molecule has 3 aromatic rings. The molecule has 0 aliphatic heterocycles. The highest BCUT2D eigenvalue weighted by Crippen LogP contribution is 2.47. The lowest BCUT2D eigenvalue weighted by molar-refractivity contribution is -0.150. The van der Waals surface area contributed by atoms with E-state index < -0.39 is 53.2 Å². The monoisotopic (exact) mass is 516 g/mol. The van der Waals surface area contributed by atoms with Gasteiger partial charge in [-0.1, -0.05) is 36.4 Å². The normalized spacial score (nSPS) is 23.1. The SMILES string of the molecule is Cc1ccc(C)c(NC(=O)C2C(=O)CC(C)(O)C(C(=O)Nc3cc(C)ccc3C)C2c2cccc(F)c2)c1. The summed E-state index contributed by atoms with van der Waals surface area (Å²) in [5.41, 5.74) is 3.13. The zero-order valence-electron chi connectivity index (χ0n) is 22.3. The van der Waals surface area contributed by atoms with Crippen molar-refractivity contribution < 1.29 is 23.9 Å². The van der Waals surface area contributed by atoms with Crippen LogP contribution in [0, 0.1) is 45.3 Å². The topological polar surface area (TPSA) is 95.5 Å². The Bertz CT molecular complexity index is 1410. The molecule has 0 aromatic heterocycles. The lowest BCUT2D eigenvalue weighted by atomic mass is 9.61. The van der Waals surface area contributed by atoms with Crippen molar-refractivity contribution in [3.05, 3.63) is 94.3 Å². The summed E-state index contributed by atoms with van der Waals surface area (Å²) in [6.45, 7) is 8.90. The van der Waals surface area contributed by atoms with Crippen LogP contribution < -0.4 is 10.6 Å². The van der Waals surface area contributed by atoms with Crippen LogP contribution in [0.3, 0.4) is 0 Å². The molecule has 1 aliphatic rings. The number of carbonyl (C=O) groups excluding carboxylic acids is 3. The van der Waals surface area contributed by atoms with E-state index in [0.717, 1.165) is 22.3 Å². The van der Waals surface area contributed by atoms with Crippen LogP contribution in [0.5, 0.6) is 0 Å². The van der Waals surface area contributed by atoms with Crippen LogP contribution >= 0.6 is 0 Å². The number of nitrogens with one attached hydrogen (secondary N) is 2. The van der Waals surface area contributed by atoms with Crippen LogP contribution in [0.15, 0.2) is 60.7 Å². The van der Waals surface area contributed by atoms with Gasteiger partial charge in [0.15, 0.2) is 0 Å². The van der Waals surface area contributed by atoms with E-state index in [4.69, 9.17) is 0 Å². The van der Waals surface area contributed by atoms with Crippen molar-refractivity contribution in [1.82, 2.24) is 0 Å². The molecule has 4 atom stereocenters. The third kappa shape index (κ3) is 5.53. The van der Waals surface area contributed by atoms with Gasteiger partial charge in [-0.3, -0.25) is 14.4 Å². The second-order valence-corrected chi connectivity index (χ2v) is 10.7.